The van der Waals surface area contributed by atoms with Crippen molar-refractivity contribution in [2.45, 2.75) is 13.3 Å². The zero-order chi connectivity index (χ0) is 17.1. The van der Waals surface area contributed by atoms with Gasteiger partial charge in [0.25, 0.3) is 0 Å². The normalized spacial score (nSPS) is 15.0. The van der Waals surface area contributed by atoms with Crippen LogP contribution in [0.5, 0.6) is 0 Å². The molecule has 0 rings (SSSR count). The lowest BCUT2D eigenvalue weighted by atomic mass is 10.1. The van der Waals surface area contributed by atoms with Crippen molar-refractivity contribution >= 4 is 5.78 Å². The SMILES string of the molecule is C=CC(COC(=C/CO)/C(C(C)=O)=C(/O)CO)C/C(O)=C/O. The van der Waals surface area contributed by atoms with Crippen LogP contribution in [0.25, 0.3) is 0 Å². The summed E-state index contributed by atoms with van der Waals surface area (Å²) in [6, 6.07) is 0. The van der Waals surface area contributed by atoms with Gasteiger partial charge in [0.05, 0.1) is 18.8 Å². The third kappa shape index (κ3) is 6.47. The van der Waals surface area contributed by atoms with Crippen LogP contribution in [-0.2, 0) is 9.53 Å². The van der Waals surface area contributed by atoms with Crippen LogP contribution in [0.3, 0.4) is 0 Å². The summed E-state index contributed by atoms with van der Waals surface area (Å²) >= 11 is 0. The molecule has 124 valence electrons. The summed E-state index contributed by atoms with van der Waals surface area (Å²) in [5, 5.41) is 45.5. The van der Waals surface area contributed by atoms with E-state index in [0.717, 1.165) is 0 Å². The molecule has 7 heteroatoms. The van der Waals surface area contributed by atoms with Gasteiger partial charge in [-0.2, -0.15) is 0 Å². The van der Waals surface area contributed by atoms with Gasteiger partial charge in [-0.05, 0) is 13.0 Å². The number of carbonyl (C=O) groups is 1. The molecule has 22 heavy (non-hydrogen) atoms. The molecule has 0 spiro atoms. The fraction of sp³-hybridized carbons (Fsp3) is 0.400. The molecule has 5 N–H and O–H groups in total. The molecule has 7 nitrogen and oxygen atoms in total. The number of carbonyl (C=O) groups excluding carboxylic acids is 1. The minimum absolute atomic E-state index is 0.0251. The Kier molecular flexibility index (Phi) is 9.40. The molecule has 0 radical (unpaired) electrons. The average Bonchev–Trinajstić information content (AvgIpc) is 2.50. The van der Waals surface area contributed by atoms with Crippen molar-refractivity contribution in [3.63, 3.8) is 0 Å². The molecule has 0 aromatic carbocycles. The number of rotatable bonds is 10. The van der Waals surface area contributed by atoms with E-state index in [0.29, 0.717) is 6.26 Å². The van der Waals surface area contributed by atoms with E-state index in [4.69, 9.17) is 20.1 Å². The second kappa shape index (κ2) is 10.5. The molecule has 0 aromatic heterocycles. The summed E-state index contributed by atoms with van der Waals surface area (Å²) in [5.74, 6) is -1.84. The van der Waals surface area contributed by atoms with E-state index < -0.39 is 24.8 Å². The zero-order valence-electron chi connectivity index (χ0n) is 12.4. The van der Waals surface area contributed by atoms with Crippen molar-refractivity contribution < 1.29 is 35.1 Å². The number of allylic oxidation sites excluding steroid dienone is 2. The van der Waals surface area contributed by atoms with Gasteiger partial charge in [0.2, 0.25) is 0 Å². The molecule has 0 amide bonds. The van der Waals surface area contributed by atoms with E-state index in [1.165, 1.54) is 19.1 Å². The van der Waals surface area contributed by atoms with E-state index in [2.05, 4.69) is 6.58 Å². The summed E-state index contributed by atoms with van der Waals surface area (Å²) in [6.45, 7) is 3.53. The number of ether oxygens (including phenoxy) is 1. The summed E-state index contributed by atoms with van der Waals surface area (Å²) in [6.07, 6.45) is 3.28. The van der Waals surface area contributed by atoms with E-state index in [-0.39, 0.29) is 36.0 Å². The first-order valence-electron chi connectivity index (χ1n) is 6.54. The van der Waals surface area contributed by atoms with Crippen LogP contribution in [-0.4, -0.2) is 51.1 Å². The van der Waals surface area contributed by atoms with Crippen molar-refractivity contribution in [2.24, 2.45) is 5.92 Å². The molecular formula is C15H22O7. The van der Waals surface area contributed by atoms with E-state index >= 15 is 0 Å². The Bertz CT molecular complexity index is 474. The van der Waals surface area contributed by atoms with Gasteiger partial charge in [-0.25, -0.2) is 0 Å². The highest BCUT2D eigenvalue weighted by atomic mass is 16.5. The van der Waals surface area contributed by atoms with E-state index in [9.17, 15) is 15.0 Å². The lowest BCUT2D eigenvalue weighted by Gasteiger charge is -2.17. The predicted octanol–water partition coefficient (Wildman–Crippen LogP) is 1.42. The summed E-state index contributed by atoms with van der Waals surface area (Å²) in [4.78, 5) is 11.6. The maximum Gasteiger partial charge on any atom is 0.167 e. The van der Waals surface area contributed by atoms with Gasteiger partial charge in [-0.1, -0.05) is 6.08 Å². The van der Waals surface area contributed by atoms with Crippen molar-refractivity contribution in [3.8, 4) is 0 Å². The van der Waals surface area contributed by atoms with Gasteiger partial charge in [0, 0.05) is 12.3 Å². The number of hydrogen-bond acceptors (Lipinski definition) is 7. The molecule has 1 atom stereocenters. The van der Waals surface area contributed by atoms with Crippen LogP contribution >= 0.6 is 0 Å². The van der Waals surface area contributed by atoms with Gasteiger partial charge in [-0.15, -0.1) is 6.58 Å². The monoisotopic (exact) mass is 314 g/mol. The predicted molar refractivity (Wildman–Crippen MR) is 80.2 cm³/mol. The number of Topliss-reactive ketones (excluding diaryl/α,β-unsaturated/α-hetero) is 1. The maximum atomic E-state index is 11.6. The third-order valence-corrected chi connectivity index (χ3v) is 2.72. The Labute approximate surface area is 128 Å². The lowest BCUT2D eigenvalue weighted by molar-refractivity contribution is -0.114. The molecule has 0 bridgehead atoms. The molecule has 0 saturated carbocycles. The molecule has 0 aliphatic carbocycles. The molecule has 0 aliphatic rings. The van der Waals surface area contributed by atoms with E-state index in [1.807, 2.05) is 0 Å². The smallest absolute Gasteiger partial charge is 0.167 e. The number of hydrogen-bond donors (Lipinski definition) is 5. The van der Waals surface area contributed by atoms with E-state index in [1.54, 1.807) is 0 Å². The first kappa shape index (κ1) is 19.8. The summed E-state index contributed by atoms with van der Waals surface area (Å²) in [5.41, 5.74) is -0.235. The van der Waals surface area contributed by atoms with Gasteiger partial charge in [0.1, 0.15) is 30.1 Å². The Morgan fingerprint density at radius 3 is 2.36 bits per heavy atom. The summed E-state index contributed by atoms with van der Waals surface area (Å²) < 4.78 is 5.39. The maximum absolute atomic E-state index is 11.6. The quantitative estimate of drug-likeness (QED) is 0.178. The molecular weight excluding hydrogens is 292 g/mol. The minimum Gasteiger partial charge on any atom is -0.512 e. The van der Waals surface area contributed by atoms with Crippen molar-refractivity contribution in [1.82, 2.24) is 0 Å². The van der Waals surface area contributed by atoms with Crippen molar-refractivity contribution in [2.75, 3.05) is 19.8 Å². The second-order valence-corrected chi connectivity index (χ2v) is 4.42. The molecule has 0 heterocycles. The second-order valence-electron chi connectivity index (χ2n) is 4.42. The number of aliphatic hydroxyl groups excluding tert-OH is 5. The van der Waals surface area contributed by atoms with Crippen LogP contribution in [0.2, 0.25) is 0 Å². The largest absolute Gasteiger partial charge is 0.512 e. The van der Waals surface area contributed by atoms with Crippen LogP contribution < -0.4 is 0 Å². The Morgan fingerprint density at radius 1 is 1.32 bits per heavy atom. The summed E-state index contributed by atoms with van der Waals surface area (Å²) in [7, 11) is 0. The first-order chi connectivity index (χ1) is 10.4. The van der Waals surface area contributed by atoms with Gasteiger partial charge in [0.15, 0.2) is 5.78 Å². The average molecular weight is 314 g/mol. The molecule has 0 fully saturated rings. The van der Waals surface area contributed by atoms with Crippen molar-refractivity contribution in [3.05, 3.63) is 47.8 Å². The molecule has 0 aromatic rings. The first-order valence-corrected chi connectivity index (χ1v) is 6.54. The van der Waals surface area contributed by atoms with Crippen LogP contribution in [0, 0.1) is 5.92 Å². The molecule has 0 aliphatic heterocycles. The van der Waals surface area contributed by atoms with Crippen LogP contribution in [0.4, 0.5) is 0 Å². The Morgan fingerprint density at radius 2 is 1.95 bits per heavy atom. The van der Waals surface area contributed by atoms with Crippen molar-refractivity contribution in [1.29, 1.82) is 0 Å². The molecule has 0 saturated heterocycles. The van der Waals surface area contributed by atoms with Crippen LogP contribution in [0.1, 0.15) is 13.3 Å². The standard InChI is InChI=1S/C15H22O7/c1-3-11(6-12(20)7-17)9-22-14(4-5-16)15(10(2)19)13(21)8-18/h3-4,7,11,16-18,20-21H,1,5-6,8-9H2,2H3/b12-7-,14-4+,15-13+. The number of ketones is 1. The highest BCUT2D eigenvalue weighted by Gasteiger charge is 2.19. The van der Waals surface area contributed by atoms with Gasteiger partial charge < -0.3 is 30.3 Å². The Balaban J connectivity index is 5.18. The topological polar surface area (TPSA) is 127 Å². The fourth-order valence-electron chi connectivity index (χ4n) is 1.64. The molecule has 1 unspecified atom stereocenters. The fourth-order valence-corrected chi connectivity index (χ4v) is 1.64. The third-order valence-electron chi connectivity index (χ3n) is 2.72. The number of aliphatic hydroxyl groups is 5. The lowest BCUT2D eigenvalue weighted by Crippen LogP contribution is -2.14. The minimum atomic E-state index is -0.750. The van der Waals surface area contributed by atoms with Crippen LogP contribution in [0.15, 0.2) is 47.8 Å². The van der Waals surface area contributed by atoms with Gasteiger partial charge >= 0.3 is 0 Å². The zero-order valence-corrected chi connectivity index (χ0v) is 12.4. The highest BCUT2D eigenvalue weighted by Crippen LogP contribution is 2.19. The van der Waals surface area contributed by atoms with Gasteiger partial charge in [-0.3, -0.25) is 4.79 Å². The highest BCUT2D eigenvalue weighted by molar-refractivity contribution is 5.97. The Hall–Kier alpha value is -2.25.